The number of ether oxygens (including phenoxy) is 1. The lowest BCUT2D eigenvalue weighted by Crippen LogP contribution is -2.41. The minimum Gasteiger partial charge on any atom is -0.490 e. The molecule has 0 atom stereocenters. The number of sulfonamides is 2. The van der Waals surface area contributed by atoms with Crippen LogP contribution < -0.4 is 15.4 Å². The summed E-state index contributed by atoms with van der Waals surface area (Å²) in [6.45, 7) is 3.22. The van der Waals surface area contributed by atoms with Crippen molar-refractivity contribution in [2.75, 3.05) is 26.2 Å². The van der Waals surface area contributed by atoms with Gasteiger partial charge in [0.2, 0.25) is 0 Å². The molecule has 74 heavy (non-hydrogen) atoms. The topological polar surface area (TPSA) is 246 Å². The third kappa shape index (κ3) is 13.9. The Kier molecular flexibility index (Phi) is 18.2. The zero-order valence-corrected chi connectivity index (χ0v) is 43.0. The monoisotopic (exact) mass is 1090 g/mol. The highest BCUT2D eigenvalue weighted by Gasteiger charge is 2.35. The normalized spacial score (nSPS) is 14.9. The summed E-state index contributed by atoms with van der Waals surface area (Å²) in [5, 5.41) is 27.0. The Bertz CT molecular complexity index is 3250. The molecule has 4 heterocycles. The molecule has 390 valence electrons. The minimum absolute atomic E-state index is 0.0293. The Morgan fingerprint density at radius 2 is 1.22 bits per heavy atom. The number of amides is 2. The molecule has 0 saturated carbocycles. The molecule has 2 aliphatic rings. The van der Waals surface area contributed by atoms with Crippen LogP contribution >= 0.6 is 22.7 Å². The van der Waals surface area contributed by atoms with E-state index >= 15 is 0 Å². The van der Waals surface area contributed by atoms with Gasteiger partial charge in [-0.3, -0.25) is 34.6 Å². The number of nitro groups is 2. The second-order valence-corrected chi connectivity index (χ2v) is 23.9. The fraction of sp³-hybridized carbons (Fsp3) is 0.300. The van der Waals surface area contributed by atoms with Crippen LogP contribution in [-0.2, 0) is 39.6 Å². The molecule has 18 nitrogen and oxygen atoms in total. The molecule has 2 N–H and O–H groups in total. The Morgan fingerprint density at radius 1 is 0.662 bits per heavy atom. The number of thiophene rings is 2. The molecule has 2 aromatic heterocycles. The van der Waals surface area contributed by atoms with Crippen molar-refractivity contribution >= 4 is 71.7 Å². The highest BCUT2D eigenvalue weighted by molar-refractivity contribution is 7.91. The number of nitro benzene ring substituents is 2. The van der Waals surface area contributed by atoms with Crippen molar-refractivity contribution in [3.63, 3.8) is 0 Å². The maximum Gasteiger partial charge on any atom is 0.270 e. The predicted molar refractivity (Wildman–Crippen MR) is 272 cm³/mol. The molecule has 2 amide bonds. The Balaban J connectivity index is 0.000000216. The van der Waals surface area contributed by atoms with Crippen LogP contribution in [-0.4, -0.2) is 85.2 Å². The van der Waals surface area contributed by atoms with Gasteiger partial charge in [-0.05, 0) is 104 Å². The standard InChI is InChI=1S/C26H29N3O6S2.C24H21F2N3O6S2/c1-2-4-19-5-3-6-23(17-19)35-22-13-15-28(16-14-22)37(33,34)25-12-11-24(36-25)18-27-26(30)20-7-9-21(10-8-20)29(31)32;25-17-4-6-20(21(26)13-17)23(30)15-8-10-28(11-9-15)37(34,35)22-7-5-19(36-22)14-27-24(31)16-2-1-3-18(12-16)29(32)33/h3,5-12,17,22H,2,4,13-16,18H2,1H3,(H,27,30);1-7,12-13,15H,8-11,14H2,(H,27,31). The molecule has 2 saturated heterocycles. The summed E-state index contributed by atoms with van der Waals surface area (Å²) in [7, 11) is -7.48. The molecule has 0 unspecified atom stereocenters. The van der Waals surface area contributed by atoms with Crippen LogP contribution in [0.1, 0.15) is 85.4 Å². The van der Waals surface area contributed by atoms with E-state index in [1.165, 1.54) is 62.7 Å². The highest BCUT2D eigenvalue weighted by atomic mass is 32.3. The second-order valence-electron chi connectivity index (χ2n) is 17.2. The predicted octanol–water partition coefficient (Wildman–Crippen LogP) is 8.92. The fourth-order valence-electron chi connectivity index (χ4n) is 8.19. The summed E-state index contributed by atoms with van der Waals surface area (Å²) in [5.74, 6) is -2.88. The van der Waals surface area contributed by atoms with Gasteiger partial charge in [0.25, 0.3) is 43.2 Å². The first-order valence-corrected chi connectivity index (χ1v) is 27.8. The lowest BCUT2D eigenvalue weighted by Gasteiger charge is -2.31. The number of piperidine rings is 2. The van der Waals surface area contributed by atoms with E-state index in [0.717, 1.165) is 59.5 Å². The van der Waals surface area contributed by atoms with Gasteiger partial charge in [0.05, 0.1) is 28.5 Å². The zero-order chi connectivity index (χ0) is 53.2. The van der Waals surface area contributed by atoms with Crippen LogP contribution in [0, 0.1) is 37.8 Å². The molecule has 0 spiro atoms. The number of nitrogens with zero attached hydrogens (tertiary/aromatic N) is 4. The first-order valence-electron chi connectivity index (χ1n) is 23.3. The molecule has 2 fully saturated rings. The van der Waals surface area contributed by atoms with E-state index in [4.69, 9.17) is 4.74 Å². The van der Waals surface area contributed by atoms with E-state index in [0.29, 0.717) is 41.8 Å². The number of hydrogen-bond acceptors (Lipinski definition) is 14. The van der Waals surface area contributed by atoms with Crippen LogP contribution in [0.25, 0.3) is 0 Å². The van der Waals surface area contributed by atoms with Crippen molar-refractivity contribution in [3.05, 3.63) is 179 Å². The number of hydrogen-bond donors (Lipinski definition) is 2. The molecule has 0 bridgehead atoms. The summed E-state index contributed by atoms with van der Waals surface area (Å²) >= 11 is 2.10. The number of non-ortho nitro benzene ring substituents is 2. The summed E-state index contributed by atoms with van der Waals surface area (Å²) in [5.41, 5.74) is 1.11. The van der Waals surface area contributed by atoms with Gasteiger partial charge in [0.1, 0.15) is 31.9 Å². The molecule has 6 aromatic rings. The average molecular weight is 1090 g/mol. The average Bonchev–Trinajstić information content (AvgIpc) is 4.10. The van der Waals surface area contributed by atoms with Gasteiger partial charge in [-0.2, -0.15) is 8.61 Å². The van der Waals surface area contributed by atoms with Crippen molar-refractivity contribution < 1.29 is 54.6 Å². The van der Waals surface area contributed by atoms with Gasteiger partial charge in [0.15, 0.2) is 5.78 Å². The zero-order valence-electron chi connectivity index (χ0n) is 39.7. The molecular formula is C50H50F2N6O12S4. The maximum absolute atomic E-state index is 14.0. The number of carbonyl (C=O) groups excluding carboxylic acids is 3. The van der Waals surface area contributed by atoms with E-state index in [-0.39, 0.29) is 81.6 Å². The molecule has 4 aromatic carbocycles. The molecule has 8 rings (SSSR count). The Hall–Kier alpha value is -6.83. The lowest BCUT2D eigenvalue weighted by molar-refractivity contribution is -0.385. The van der Waals surface area contributed by atoms with E-state index < -0.39 is 65.0 Å². The first kappa shape index (κ1) is 54.9. The molecule has 0 radical (unpaired) electrons. The summed E-state index contributed by atoms with van der Waals surface area (Å²) < 4.78 is 88.9. The highest BCUT2D eigenvalue weighted by Crippen LogP contribution is 2.32. The number of aryl methyl sites for hydroxylation is 1. The van der Waals surface area contributed by atoms with E-state index in [2.05, 4.69) is 29.7 Å². The number of rotatable bonds is 18. The third-order valence-electron chi connectivity index (χ3n) is 12.1. The SMILES string of the molecule is CCCc1cccc(OC2CCN(S(=O)(=O)c3ccc(CNC(=O)c4ccc([N+](=O)[O-])cc4)s3)CC2)c1.O=C(NCc1ccc(S(=O)(=O)N2CCC(C(=O)c3ccc(F)cc3F)CC2)s1)c1cccc([N+](=O)[O-])c1. The third-order valence-corrected chi connectivity index (χ3v) is 19.0. The van der Waals surface area contributed by atoms with Gasteiger partial charge >= 0.3 is 0 Å². The van der Waals surface area contributed by atoms with Crippen molar-refractivity contribution in [3.8, 4) is 5.75 Å². The van der Waals surface area contributed by atoms with Crippen LogP contribution in [0.5, 0.6) is 5.75 Å². The van der Waals surface area contributed by atoms with Gasteiger partial charge in [-0.25, -0.2) is 25.6 Å². The summed E-state index contributed by atoms with van der Waals surface area (Å²) in [4.78, 5) is 59.1. The second kappa shape index (κ2) is 24.5. The number of carbonyl (C=O) groups is 3. The summed E-state index contributed by atoms with van der Waals surface area (Å²) in [6.07, 6.45) is 3.66. The number of nitrogens with one attached hydrogen (secondary N) is 2. The Labute approximate surface area is 433 Å². The molecular weight excluding hydrogens is 1040 g/mol. The quantitative estimate of drug-likeness (QED) is 0.0465. The fourth-order valence-corrected chi connectivity index (χ4v) is 14.0. The van der Waals surface area contributed by atoms with Gasteiger partial charge in [-0.15, -0.1) is 22.7 Å². The minimum atomic E-state index is -3.85. The van der Waals surface area contributed by atoms with Crippen molar-refractivity contribution in [2.24, 2.45) is 5.92 Å². The number of halogens is 2. The van der Waals surface area contributed by atoms with Gasteiger partial charge < -0.3 is 15.4 Å². The van der Waals surface area contributed by atoms with E-state index in [1.54, 1.807) is 18.2 Å². The first-order chi connectivity index (χ1) is 35.3. The number of ketones is 1. The molecule has 2 aliphatic heterocycles. The van der Waals surface area contributed by atoms with E-state index in [1.807, 2.05) is 12.1 Å². The van der Waals surface area contributed by atoms with Gasteiger partial charge in [-0.1, -0.05) is 31.5 Å². The van der Waals surface area contributed by atoms with Crippen LogP contribution in [0.15, 0.2) is 124 Å². The number of Topliss-reactive ketones (excluding diaryl/α,β-unsaturated/α-hetero) is 1. The van der Waals surface area contributed by atoms with Gasteiger partial charge in [0, 0.05) is 83.3 Å². The van der Waals surface area contributed by atoms with Crippen molar-refractivity contribution in [1.82, 2.24) is 19.2 Å². The van der Waals surface area contributed by atoms with Crippen molar-refractivity contribution in [1.29, 1.82) is 0 Å². The Morgan fingerprint density at radius 3 is 1.77 bits per heavy atom. The van der Waals surface area contributed by atoms with Crippen LogP contribution in [0.3, 0.4) is 0 Å². The molecule has 0 aliphatic carbocycles. The lowest BCUT2D eigenvalue weighted by atomic mass is 9.89. The maximum atomic E-state index is 14.0. The van der Waals surface area contributed by atoms with Crippen LogP contribution in [0.2, 0.25) is 0 Å². The molecule has 24 heteroatoms. The number of benzene rings is 4. The van der Waals surface area contributed by atoms with Crippen molar-refractivity contribution in [2.45, 2.75) is 73.1 Å². The smallest absolute Gasteiger partial charge is 0.270 e. The summed E-state index contributed by atoms with van der Waals surface area (Å²) in [6, 6.07) is 27.6. The largest absolute Gasteiger partial charge is 0.490 e. The van der Waals surface area contributed by atoms with Crippen LogP contribution in [0.4, 0.5) is 20.2 Å². The van der Waals surface area contributed by atoms with E-state index in [9.17, 15) is 60.2 Å².